The van der Waals surface area contributed by atoms with Gasteiger partial charge < -0.3 is 0 Å². The van der Waals surface area contributed by atoms with Crippen molar-refractivity contribution in [2.24, 2.45) is 0 Å². The Morgan fingerprint density at radius 2 is 0.821 bits per heavy atom. The third-order valence-electron chi connectivity index (χ3n) is 5.51. The lowest BCUT2D eigenvalue weighted by Gasteiger charge is -1.99. The zero-order valence-electron chi connectivity index (χ0n) is 15.3. The molecule has 0 N–H and O–H groups in total. The van der Waals surface area contributed by atoms with Crippen molar-refractivity contribution >= 4 is 31.9 Å². The fourth-order valence-electron chi connectivity index (χ4n) is 4.23. The zero-order chi connectivity index (χ0) is 19.1. The van der Waals surface area contributed by atoms with Crippen LogP contribution >= 0.6 is 31.9 Å². The number of fused-ring (bicyclic) bond motifs is 6. The Morgan fingerprint density at radius 1 is 0.429 bits per heavy atom. The summed E-state index contributed by atoms with van der Waals surface area (Å²) in [4.78, 5) is 0. The summed E-state index contributed by atoms with van der Waals surface area (Å²) in [5.41, 5.74) is 11.3. The van der Waals surface area contributed by atoms with Crippen molar-refractivity contribution in [3.63, 3.8) is 0 Å². The Balaban J connectivity index is 0.000000122. The van der Waals surface area contributed by atoms with Gasteiger partial charge in [0.05, 0.1) is 0 Å². The highest BCUT2D eigenvalue weighted by molar-refractivity contribution is 9.10. The molecule has 2 aliphatic carbocycles. The van der Waals surface area contributed by atoms with Crippen LogP contribution in [-0.4, -0.2) is 0 Å². The molecule has 0 atom stereocenters. The molecular formula is C26H18Br2. The number of halogens is 2. The van der Waals surface area contributed by atoms with Gasteiger partial charge in [-0.15, -0.1) is 0 Å². The van der Waals surface area contributed by atoms with E-state index in [-0.39, 0.29) is 0 Å². The van der Waals surface area contributed by atoms with Crippen LogP contribution in [0.3, 0.4) is 0 Å². The van der Waals surface area contributed by atoms with Crippen LogP contribution in [0.4, 0.5) is 0 Å². The van der Waals surface area contributed by atoms with Crippen LogP contribution in [0.2, 0.25) is 0 Å². The lowest BCUT2D eigenvalue weighted by molar-refractivity contribution is 1.26. The zero-order valence-corrected chi connectivity index (χ0v) is 18.4. The van der Waals surface area contributed by atoms with E-state index in [1.54, 1.807) is 0 Å². The van der Waals surface area contributed by atoms with Crippen LogP contribution in [0.5, 0.6) is 0 Å². The minimum Gasteiger partial charge on any atom is -0.0619 e. The topological polar surface area (TPSA) is 0 Å². The Labute approximate surface area is 182 Å². The monoisotopic (exact) mass is 488 g/mol. The van der Waals surface area contributed by atoms with Crippen molar-refractivity contribution in [1.82, 2.24) is 0 Å². The molecule has 0 saturated heterocycles. The highest BCUT2D eigenvalue weighted by Crippen LogP contribution is 2.38. The van der Waals surface area contributed by atoms with Crippen molar-refractivity contribution in [1.29, 1.82) is 0 Å². The average Bonchev–Trinajstić information content (AvgIpc) is 3.25. The molecule has 0 heterocycles. The Hall–Kier alpha value is -2.16. The summed E-state index contributed by atoms with van der Waals surface area (Å²) in [6.07, 6.45) is 2.15. The predicted molar refractivity (Wildman–Crippen MR) is 125 cm³/mol. The minimum absolute atomic E-state index is 1.07. The average molecular weight is 490 g/mol. The summed E-state index contributed by atoms with van der Waals surface area (Å²) < 4.78 is 2.34. The normalized spacial score (nSPS) is 12.4. The van der Waals surface area contributed by atoms with Gasteiger partial charge >= 0.3 is 0 Å². The third kappa shape index (κ3) is 3.25. The largest absolute Gasteiger partial charge is 0.0619 e. The molecule has 4 aromatic rings. The standard InChI is InChI=1S/2C13H9Br/c2*14-11-5-6-13-10(8-11)7-9-3-1-2-4-12(9)13/h2*1-6,8H,7H2. The smallest absolute Gasteiger partial charge is 0.0178 e. The molecule has 28 heavy (non-hydrogen) atoms. The van der Waals surface area contributed by atoms with E-state index in [1.165, 1.54) is 53.5 Å². The Kier molecular flexibility index (Phi) is 4.70. The molecule has 0 radical (unpaired) electrons. The van der Waals surface area contributed by atoms with Gasteiger partial charge in [0, 0.05) is 8.95 Å². The Bertz CT molecular complexity index is 1100. The molecule has 0 bridgehead atoms. The Morgan fingerprint density at radius 3 is 1.29 bits per heavy atom. The van der Waals surface area contributed by atoms with E-state index >= 15 is 0 Å². The van der Waals surface area contributed by atoms with Crippen LogP contribution in [0.15, 0.2) is 93.9 Å². The molecule has 4 aromatic carbocycles. The number of benzene rings is 4. The number of rotatable bonds is 0. The molecule has 0 nitrogen and oxygen atoms in total. The molecule has 0 amide bonds. The first-order chi connectivity index (χ1) is 13.7. The molecule has 0 unspecified atom stereocenters. The van der Waals surface area contributed by atoms with E-state index in [0.29, 0.717) is 0 Å². The van der Waals surface area contributed by atoms with E-state index < -0.39 is 0 Å². The van der Waals surface area contributed by atoms with Gasteiger partial charge in [0.15, 0.2) is 0 Å². The molecule has 0 saturated carbocycles. The van der Waals surface area contributed by atoms with Gasteiger partial charge in [0.1, 0.15) is 0 Å². The summed E-state index contributed by atoms with van der Waals surface area (Å²) >= 11 is 7.02. The molecule has 0 spiro atoms. The fraction of sp³-hybridized carbons (Fsp3) is 0.0769. The predicted octanol–water partition coefficient (Wildman–Crippen LogP) is 8.04. The minimum atomic E-state index is 1.07. The first-order valence-corrected chi connectivity index (χ1v) is 11.0. The maximum absolute atomic E-state index is 3.51. The van der Waals surface area contributed by atoms with Gasteiger partial charge in [0.2, 0.25) is 0 Å². The molecular weight excluding hydrogens is 472 g/mol. The van der Waals surface area contributed by atoms with Crippen LogP contribution in [0.25, 0.3) is 22.3 Å². The lowest BCUT2D eigenvalue weighted by Crippen LogP contribution is -1.78. The van der Waals surface area contributed by atoms with Gasteiger partial charge in [-0.25, -0.2) is 0 Å². The van der Waals surface area contributed by atoms with Gasteiger partial charge in [-0.2, -0.15) is 0 Å². The summed E-state index contributed by atoms with van der Waals surface area (Å²) in [6, 6.07) is 30.3. The van der Waals surface area contributed by atoms with Gasteiger partial charge in [0.25, 0.3) is 0 Å². The quantitative estimate of drug-likeness (QED) is 0.202. The van der Waals surface area contributed by atoms with Crippen LogP contribution in [-0.2, 0) is 12.8 Å². The van der Waals surface area contributed by atoms with E-state index in [1.807, 2.05) is 0 Å². The van der Waals surface area contributed by atoms with E-state index in [9.17, 15) is 0 Å². The lowest BCUT2D eigenvalue weighted by atomic mass is 10.1. The maximum atomic E-state index is 3.51. The molecule has 136 valence electrons. The highest BCUT2D eigenvalue weighted by Gasteiger charge is 2.18. The van der Waals surface area contributed by atoms with Crippen molar-refractivity contribution in [3.8, 4) is 22.3 Å². The van der Waals surface area contributed by atoms with Gasteiger partial charge in [-0.1, -0.05) is 92.5 Å². The summed E-state index contributed by atoms with van der Waals surface area (Å²) in [6.45, 7) is 0. The van der Waals surface area contributed by atoms with Crippen molar-refractivity contribution in [3.05, 3.63) is 116 Å². The summed E-state index contributed by atoms with van der Waals surface area (Å²) in [7, 11) is 0. The molecule has 6 rings (SSSR count). The second-order valence-electron chi connectivity index (χ2n) is 7.27. The molecule has 0 aliphatic heterocycles. The second-order valence-corrected chi connectivity index (χ2v) is 9.10. The number of hydrogen-bond acceptors (Lipinski definition) is 0. The molecule has 2 heteroatoms. The van der Waals surface area contributed by atoms with Crippen LogP contribution in [0, 0.1) is 0 Å². The van der Waals surface area contributed by atoms with Gasteiger partial charge in [-0.05, 0) is 81.6 Å². The fourth-order valence-corrected chi connectivity index (χ4v) is 5.04. The number of hydrogen-bond donors (Lipinski definition) is 0. The van der Waals surface area contributed by atoms with Crippen molar-refractivity contribution < 1.29 is 0 Å². The van der Waals surface area contributed by atoms with E-state index in [0.717, 1.165) is 12.8 Å². The van der Waals surface area contributed by atoms with Crippen molar-refractivity contribution in [2.75, 3.05) is 0 Å². The highest BCUT2D eigenvalue weighted by atomic mass is 79.9. The van der Waals surface area contributed by atoms with Crippen molar-refractivity contribution in [2.45, 2.75) is 12.8 Å². The van der Waals surface area contributed by atoms with Crippen LogP contribution in [0.1, 0.15) is 22.3 Å². The maximum Gasteiger partial charge on any atom is 0.0178 e. The third-order valence-corrected chi connectivity index (χ3v) is 6.50. The summed E-state index contributed by atoms with van der Waals surface area (Å²) in [5.74, 6) is 0. The van der Waals surface area contributed by atoms with E-state index in [4.69, 9.17) is 0 Å². The molecule has 2 aliphatic rings. The first kappa shape index (κ1) is 17.9. The second kappa shape index (κ2) is 7.35. The molecule has 0 fully saturated rings. The first-order valence-electron chi connectivity index (χ1n) is 9.42. The summed E-state index contributed by atoms with van der Waals surface area (Å²) in [5, 5.41) is 0. The van der Waals surface area contributed by atoms with Gasteiger partial charge in [-0.3, -0.25) is 0 Å². The molecule has 0 aromatic heterocycles. The SMILES string of the molecule is Brc1ccc2c(c1)Cc1ccccc1-2.Brc1ccc2c(c1)Cc1ccccc1-2. The van der Waals surface area contributed by atoms with Crippen LogP contribution < -0.4 is 0 Å². The van der Waals surface area contributed by atoms with E-state index in [2.05, 4.69) is 117 Å².